The molecule has 0 saturated carbocycles. The van der Waals surface area contributed by atoms with Crippen LogP contribution < -0.4 is 10.6 Å². The Labute approximate surface area is 129 Å². The predicted octanol–water partition coefficient (Wildman–Crippen LogP) is 3.43. The van der Waals surface area contributed by atoms with Crippen molar-refractivity contribution in [2.45, 2.75) is 26.1 Å². The van der Waals surface area contributed by atoms with E-state index in [1.165, 1.54) is 11.1 Å². The van der Waals surface area contributed by atoms with Gasteiger partial charge in [0.15, 0.2) is 0 Å². The Balaban J connectivity index is 1.74. The molecule has 3 nitrogen and oxygen atoms in total. The van der Waals surface area contributed by atoms with Crippen molar-refractivity contribution in [2.75, 3.05) is 0 Å². The number of hydrogen-bond donors (Lipinski definition) is 2. The molecular formula is C17H17ClN2O. The summed E-state index contributed by atoms with van der Waals surface area (Å²) >= 11 is 5.99. The van der Waals surface area contributed by atoms with Crippen LogP contribution in [-0.2, 0) is 13.1 Å². The summed E-state index contributed by atoms with van der Waals surface area (Å²) in [5.74, 6) is -0.0582. The van der Waals surface area contributed by atoms with Crippen LogP contribution in [0.2, 0.25) is 5.02 Å². The molecule has 0 fully saturated rings. The van der Waals surface area contributed by atoms with Gasteiger partial charge in [-0.15, -0.1) is 0 Å². The average Bonchev–Trinajstić information content (AvgIpc) is 2.94. The molecule has 3 rings (SSSR count). The van der Waals surface area contributed by atoms with E-state index in [4.69, 9.17) is 11.6 Å². The molecule has 2 aromatic rings. The van der Waals surface area contributed by atoms with Crippen molar-refractivity contribution in [1.82, 2.24) is 10.6 Å². The van der Waals surface area contributed by atoms with Crippen molar-refractivity contribution < 1.29 is 4.79 Å². The Morgan fingerprint density at radius 2 is 2.00 bits per heavy atom. The van der Waals surface area contributed by atoms with E-state index < -0.39 is 0 Å². The fraction of sp³-hybridized carbons (Fsp3) is 0.235. The second-order valence-electron chi connectivity index (χ2n) is 5.34. The molecule has 1 atom stereocenters. The zero-order valence-electron chi connectivity index (χ0n) is 11.8. The molecule has 1 aliphatic rings. The molecular weight excluding hydrogens is 284 g/mol. The molecule has 0 saturated heterocycles. The van der Waals surface area contributed by atoms with Crippen molar-refractivity contribution in [2.24, 2.45) is 0 Å². The molecule has 0 aliphatic carbocycles. The lowest BCUT2D eigenvalue weighted by Gasteiger charge is -2.15. The summed E-state index contributed by atoms with van der Waals surface area (Å²) in [5.41, 5.74) is 4.18. The van der Waals surface area contributed by atoms with E-state index in [9.17, 15) is 4.79 Å². The summed E-state index contributed by atoms with van der Waals surface area (Å²) in [7, 11) is 0. The summed E-state index contributed by atoms with van der Waals surface area (Å²) in [6.45, 7) is 3.68. The molecule has 21 heavy (non-hydrogen) atoms. The Morgan fingerprint density at radius 1 is 1.19 bits per heavy atom. The van der Waals surface area contributed by atoms with Crippen LogP contribution in [0.4, 0.5) is 0 Å². The molecule has 1 amide bonds. The minimum Gasteiger partial charge on any atom is -0.346 e. The predicted molar refractivity (Wildman–Crippen MR) is 84.3 cm³/mol. The molecule has 2 N–H and O–H groups in total. The summed E-state index contributed by atoms with van der Waals surface area (Å²) < 4.78 is 0. The normalized spacial score (nSPS) is 14.6. The minimum absolute atomic E-state index is 0.0582. The first-order valence-electron chi connectivity index (χ1n) is 7.02. The van der Waals surface area contributed by atoms with E-state index in [2.05, 4.69) is 10.6 Å². The number of halogens is 1. The molecule has 108 valence electrons. The fourth-order valence-corrected chi connectivity index (χ4v) is 2.77. The van der Waals surface area contributed by atoms with Crippen LogP contribution in [0, 0.1) is 0 Å². The Bertz CT molecular complexity index is 684. The van der Waals surface area contributed by atoms with Crippen LogP contribution in [0.5, 0.6) is 0 Å². The average molecular weight is 301 g/mol. The maximum Gasteiger partial charge on any atom is 0.251 e. The van der Waals surface area contributed by atoms with Gasteiger partial charge in [-0.25, -0.2) is 0 Å². The van der Waals surface area contributed by atoms with Gasteiger partial charge in [0.1, 0.15) is 0 Å². The molecule has 2 aromatic carbocycles. The SMILES string of the molecule is C[C@H](NC(=O)c1ccc2c(c1)CNC2)c1cccc(Cl)c1. The number of rotatable bonds is 3. The molecule has 0 bridgehead atoms. The van der Waals surface area contributed by atoms with E-state index in [-0.39, 0.29) is 11.9 Å². The first-order chi connectivity index (χ1) is 10.1. The third-order valence-corrected chi connectivity index (χ3v) is 4.03. The molecule has 4 heteroatoms. The molecule has 1 heterocycles. The van der Waals surface area contributed by atoms with Gasteiger partial charge in [0.05, 0.1) is 6.04 Å². The van der Waals surface area contributed by atoms with E-state index in [1.54, 1.807) is 0 Å². The molecule has 0 radical (unpaired) electrons. The molecule has 0 unspecified atom stereocenters. The Kier molecular flexibility index (Phi) is 3.95. The fourth-order valence-electron chi connectivity index (χ4n) is 2.58. The number of carbonyl (C=O) groups excluding carboxylic acids is 1. The zero-order valence-corrected chi connectivity index (χ0v) is 12.6. The highest BCUT2D eigenvalue weighted by molar-refractivity contribution is 6.30. The van der Waals surface area contributed by atoms with Gasteiger partial charge in [-0.05, 0) is 47.9 Å². The summed E-state index contributed by atoms with van der Waals surface area (Å²) in [4.78, 5) is 12.3. The molecule has 0 spiro atoms. The quantitative estimate of drug-likeness (QED) is 0.912. The van der Waals surface area contributed by atoms with Gasteiger partial charge >= 0.3 is 0 Å². The number of benzene rings is 2. The molecule has 0 aromatic heterocycles. The highest BCUT2D eigenvalue weighted by Crippen LogP contribution is 2.20. The number of carbonyl (C=O) groups is 1. The summed E-state index contributed by atoms with van der Waals surface area (Å²) in [6, 6.07) is 13.3. The van der Waals surface area contributed by atoms with Gasteiger partial charge in [-0.1, -0.05) is 29.8 Å². The standard InChI is InChI=1S/C17H17ClN2O/c1-11(12-3-2-4-16(18)8-12)20-17(21)13-5-6-14-9-19-10-15(14)7-13/h2-8,11,19H,9-10H2,1H3,(H,20,21)/t11-/m0/s1. The van der Waals surface area contributed by atoms with Gasteiger partial charge < -0.3 is 10.6 Å². The zero-order chi connectivity index (χ0) is 14.8. The van der Waals surface area contributed by atoms with Crippen LogP contribution in [0.3, 0.4) is 0 Å². The van der Waals surface area contributed by atoms with Gasteiger partial charge in [0.2, 0.25) is 0 Å². The van der Waals surface area contributed by atoms with Crippen molar-refractivity contribution in [1.29, 1.82) is 0 Å². The lowest BCUT2D eigenvalue weighted by Crippen LogP contribution is -2.26. The van der Waals surface area contributed by atoms with Gasteiger partial charge in [0, 0.05) is 23.7 Å². The first-order valence-corrected chi connectivity index (χ1v) is 7.40. The van der Waals surface area contributed by atoms with Crippen LogP contribution in [0.25, 0.3) is 0 Å². The van der Waals surface area contributed by atoms with Gasteiger partial charge in [-0.3, -0.25) is 4.79 Å². The van der Waals surface area contributed by atoms with Crippen LogP contribution in [0.15, 0.2) is 42.5 Å². The maximum atomic E-state index is 12.3. The van der Waals surface area contributed by atoms with Crippen LogP contribution >= 0.6 is 11.6 Å². The van der Waals surface area contributed by atoms with E-state index in [1.807, 2.05) is 49.4 Å². The number of nitrogens with one attached hydrogen (secondary N) is 2. The first kappa shape index (κ1) is 14.1. The van der Waals surface area contributed by atoms with E-state index in [0.717, 1.165) is 18.7 Å². The highest BCUT2D eigenvalue weighted by Gasteiger charge is 2.15. The van der Waals surface area contributed by atoms with Gasteiger partial charge in [0.25, 0.3) is 5.91 Å². The summed E-state index contributed by atoms with van der Waals surface area (Å²) in [5, 5.41) is 6.97. The topological polar surface area (TPSA) is 41.1 Å². The monoisotopic (exact) mass is 300 g/mol. The van der Waals surface area contributed by atoms with Crippen LogP contribution in [-0.4, -0.2) is 5.91 Å². The van der Waals surface area contributed by atoms with Crippen molar-refractivity contribution in [3.05, 3.63) is 69.7 Å². The lowest BCUT2D eigenvalue weighted by atomic mass is 10.0. The third-order valence-electron chi connectivity index (χ3n) is 3.80. The largest absolute Gasteiger partial charge is 0.346 e. The van der Waals surface area contributed by atoms with Gasteiger partial charge in [-0.2, -0.15) is 0 Å². The number of hydrogen-bond acceptors (Lipinski definition) is 2. The minimum atomic E-state index is -0.0809. The summed E-state index contributed by atoms with van der Waals surface area (Å²) in [6.07, 6.45) is 0. The Morgan fingerprint density at radius 3 is 2.81 bits per heavy atom. The second kappa shape index (κ2) is 5.88. The Hall–Kier alpha value is -1.84. The van der Waals surface area contributed by atoms with Crippen molar-refractivity contribution >= 4 is 17.5 Å². The highest BCUT2D eigenvalue weighted by atomic mass is 35.5. The van der Waals surface area contributed by atoms with Crippen LogP contribution in [0.1, 0.15) is 40.0 Å². The smallest absolute Gasteiger partial charge is 0.251 e. The van der Waals surface area contributed by atoms with Crippen molar-refractivity contribution in [3.63, 3.8) is 0 Å². The molecule has 1 aliphatic heterocycles. The third kappa shape index (κ3) is 3.09. The van der Waals surface area contributed by atoms with E-state index in [0.29, 0.717) is 10.6 Å². The number of amides is 1. The van der Waals surface area contributed by atoms with E-state index >= 15 is 0 Å². The van der Waals surface area contributed by atoms with Crippen molar-refractivity contribution in [3.8, 4) is 0 Å². The lowest BCUT2D eigenvalue weighted by molar-refractivity contribution is 0.0940. The maximum absolute atomic E-state index is 12.3. The number of fused-ring (bicyclic) bond motifs is 1. The second-order valence-corrected chi connectivity index (χ2v) is 5.77.